The predicted molar refractivity (Wildman–Crippen MR) is 118 cm³/mol. The van der Waals surface area contributed by atoms with Crippen LogP contribution in [0.15, 0.2) is 24.9 Å². The van der Waals surface area contributed by atoms with Gasteiger partial charge in [-0.25, -0.2) is 4.79 Å². The van der Waals surface area contributed by atoms with Gasteiger partial charge in [0, 0.05) is 18.5 Å². The normalized spacial score (nSPS) is 13.1. The lowest BCUT2D eigenvalue weighted by atomic mass is 10.1. The molecule has 1 fully saturated rings. The number of unbranched alkanes of at least 4 members (excludes halogenated alkanes) is 11. The highest BCUT2D eigenvalue weighted by Gasteiger charge is 2.16. The molecule has 1 rings (SSSR count). The van der Waals surface area contributed by atoms with E-state index in [1.807, 2.05) is 0 Å². The summed E-state index contributed by atoms with van der Waals surface area (Å²) in [5.74, 6) is -0.0481. The second-order valence-electron chi connectivity index (χ2n) is 7.68. The van der Waals surface area contributed by atoms with Crippen molar-refractivity contribution in [3.63, 3.8) is 0 Å². The van der Waals surface area contributed by atoms with Crippen molar-refractivity contribution in [2.75, 3.05) is 13.2 Å². The molecule has 4 nitrogen and oxygen atoms in total. The third kappa shape index (κ3) is 15.5. The summed E-state index contributed by atoms with van der Waals surface area (Å²) >= 11 is 0. The lowest BCUT2D eigenvalue weighted by Crippen LogP contribution is -2.16. The maximum Gasteiger partial charge on any atom is 0.333 e. The number of rotatable bonds is 15. The van der Waals surface area contributed by atoms with Gasteiger partial charge in [0.25, 0.3) is 0 Å². The topological polar surface area (TPSA) is 46.6 Å². The standard InChI is InChI=1S/C18H34O2.C6H9NO/c1-4-5-6-7-8-9-10-11-12-13-14-15-16-20-18(19)17(2)3;1-2-7-5-3-4-6(7)8/h2,4-16H2,1,3H3;2H,1,3-5H2. The Morgan fingerprint density at radius 3 is 1.86 bits per heavy atom. The maximum absolute atomic E-state index is 11.1. The van der Waals surface area contributed by atoms with Crippen LogP contribution in [0.4, 0.5) is 0 Å². The van der Waals surface area contributed by atoms with Gasteiger partial charge in [0.1, 0.15) is 0 Å². The van der Waals surface area contributed by atoms with E-state index in [-0.39, 0.29) is 11.9 Å². The first-order chi connectivity index (χ1) is 13.5. The summed E-state index contributed by atoms with van der Waals surface area (Å²) < 4.78 is 5.06. The summed E-state index contributed by atoms with van der Waals surface area (Å²) in [4.78, 5) is 23.4. The molecule has 28 heavy (non-hydrogen) atoms. The van der Waals surface area contributed by atoms with Crippen LogP contribution in [0.25, 0.3) is 0 Å². The Morgan fingerprint density at radius 1 is 1.00 bits per heavy atom. The second kappa shape index (κ2) is 18.8. The lowest BCUT2D eigenvalue weighted by molar-refractivity contribution is -0.139. The Morgan fingerprint density at radius 2 is 1.50 bits per heavy atom. The van der Waals surface area contributed by atoms with Crippen LogP contribution in [0.5, 0.6) is 0 Å². The van der Waals surface area contributed by atoms with Crippen LogP contribution >= 0.6 is 0 Å². The van der Waals surface area contributed by atoms with E-state index in [0.29, 0.717) is 18.6 Å². The van der Waals surface area contributed by atoms with E-state index < -0.39 is 0 Å². The maximum atomic E-state index is 11.1. The number of carbonyl (C=O) groups excluding carboxylic acids is 2. The highest BCUT2D eigenvalue weighted by molar-refractivity contribution is 5.86. The Hall–Kier alpha value is -1.58. The van der Waals surface area contributed by atoms with Crippen LogP contribution in [-0.2, 0) is 14.3 Å². The van der Waals surface area contributed by atoms with Crippen molar-refractivity contribution in [3.05, 3.63) is 24.9 Å². The fourth-order valence-electron chi connectivity index (χ4n) is 3.09. The molecule has 0 unspecified atom stereocenters. The zero-order chi connectivity index (χ0) is 21.0. The van der Waals surface area contributed by atoms with Gasteiger partial charge in [-0.3, -0.25) is 4.79 Å². The molecule has 4 heteroatoms. The van der Waals surface area contributed by atoms with Gasteiger partial charge in [-0.2, -0.15) is 0 Å². The van der Waals surface area contributed by atoms with Crippen molar-refractivity contribution in [1.29, 1.82) is 0 Å². The molecule has 0 N–H and O–H groups in total. The number of amides is 1. The fraction of sp³-hybridized carbons (Fsp3) is 0.750. The summed E-state index contributed by atoms with van der Waals surface area (Å²) in [6.07, 6.45) is 19.2. The number of hydrogen-bond acceptors (Lipinski definition) is 3. The van der Waals surface area contributed by atoms with Crippen molar-refractivity contribution in [1.82, 2.24) is 4.90 Å². The number of nitrogens with zero attached hydrogens (tertiary/aromatic N) is 1. The van der Waals surface area contributed by atoms with Crippen LogP contribution in [0, 0.1) is 0 Å². The Labute approximate surface area is 173 Å². The summed E-state index contributed by atoms with van der Waals surface area (Å²) in [5.41, 5.74) is 0.490. The van der Waals surface area contributed by atoms with Crippen LogP contribution in [0.2, 0.25) is 0 Å². The average molecular weight is 394 g/mol. The zero-order valence-electron chi connectivity index (χ0n) is 18.5. The molecule has 0 aromatic carbocycles. The molecule has 1 saturated heterocycles. The van der Waals surface area contributed by atoms with Crippen LogP contribution in [0.3, 0.4) is 0 Å². The molecule has 1 aliphatic rings. The number of carbonyl (C=O) groups is 2. The van der Waals surface area contributed by atoms with E-state index in [2.05, 4.69) is 20.1 Å². The Balaban J connectivity index is 0.000000749. The second-order valence-corrected chi connectivity index (χ2v) is 7.68. The molecule has 0 saturated carbocycles. The fourth-order valence-corrected chi connectivity index (χ4v) is 3.09. The largest absolute Gasteiger partial charge is 0.462 e. The number of ether oxygens (including phenoxy) is 1. The van der Waals surface area contributed by atoms with Gasteiger partial charge in [-0.15, -0.1) is 0 Å². The van der Waals surface area contributed by atoms with Crippen LogP contribution < -0.4 is 0 Å². The minimum Gasteiger partial charge on any atom is -0.462 e. The molecule has 0 atom stereocenters. The molecule has 0 spiro atoms. The average Bonchev–Trinajstić information content (AvgIpc) is 3.10. The van der Waals surface area contributed by atoms with Crippen molar-refractivity contribution >= 4 is 11.9 Å². The van der Waals surface area contributed by atoms with E-state index in [1.165, 1.54) is 70.6 Å². The van der Waals surface area contributed by atoms with E-state index >= 15 is 0 Å². The molecule has 0 aromatic heterocycles. The number of hydrogen-bond donors (Lipinski definition) is 0. The molecule has 1 heterocycles. The highest BCUT2D eigenvalue weighted by atomic mass is 16.5. The van der Waals surface area contributed by atoms with Gasteiger partial charge in [-0.05, 0) is 26.0 Å². The van der Waals surface area contributed by atoms with E-state index in [4.69, 9.17) is 4.74 Å². The quantitative estimate of drug-likeness (QED) is 0.180. The summed E-state index contributed by atoms with van der Waals surface area (Å²) in [6, 6.07) is 0. The molecule has 1 amide bonds. The molecule has 0 radical (unpaired) electrons. The van der Waals surface area contributed by atoms with Gasteiger partial charge in [0.2, 0.25) is 5.91 Å². The highest BCUT2D eigenvalue weighted by Crippen LogP contribution is 2.12. The van der Waals surface area contributed by atoms with Gasteiger partial charge in [0.05, 0.1) is 6.61 Å². The molecular weight excluding hydrogens is 350 g/mol. The van der Waals surface area contributed by atoms with Crippen LogP contribution in [0.1, 0.15) is 104 Å². The van der Waals surface area contributed by atoms with Gasteiger partial charge >= 0.3 is 5.97 Å². The minimum absolute atomic E-state index is 0.208. The lowest BCUT2D eigenvalue weighted by Gasteiger charge is -2.05. The van der Waals surface area contributed by atoms with E-state index in [0.717, 1.165) is 19.4 Å². The van der Waals surface area contributed by atoms with Gasteiger partial charge < -0.3 is 9.64 Å². The Bertz CT molecular complexity index is 445. The van der Waals surface area contributed by atoms with Gasteiger partial charge in [-0.1, -0.05) is 90.7 Å². The first-order valence-electron chi connectivity index (χ1n) is 11.3. The SMILES string of the molecule is C=C(C)C(=O)OCCCCCCCCCCCCCC.C=CN1CCCC1=O. The zero-order valence-corrected chi connectivity index (χ0v) is 18.5. The monoisotopic (exact) mass is 393 g/mol. The number of esters is 1. The smallest absolute Gasteiger partial charge is 0.333 e. The first-order valence-corrected chi connectivity index (χ1v) is 11.3. The molecular formula is C24H43NO3. The Kier molecular flexibility index (Phi) is 17.7. The third-order valence-electron chi connectivity index (χ3n) is 4.91. The molecule has 1 aliphatic heterocycles. The summed E-state index contributed by atoms with van der Waals surface area (Å²) in [5, 5.41) is 0. The van der Waals surface area contributed by atoms with Crippen molar-refractivity contribution in [2.24, 2.45) is 0 Å². The van der Waals surface area contributed by atoms with Crippen LogP contribution in [-0.4, -0.2) is 29.9 Å². The molecule has 162 valence electrons. The van der Waals surface area contributed by atoms with Gasteiger partial charge in [0.15, 0.2) is 0 Å². The van der Waals surface area contributed by atoms with Crippen molar-refractivity contribution < 1.29 is 14.3 Å². The molecule has 0 bridgehead atoms. The predicted octanol–water partition coefficient (Wildman–Crippen LogP) is 6.56. The van der Waals surface area contributed by atoms with Crippen molar-refractivity contribution in [2.45, 2.75) is 104 Å². The molecule has 0 aromatic rings. The third-order valence-corrected chi connectivity index (χ3v) is 4.91. The molecule has 0 aliphatic carbocycles. The van der Waals surface area contributed by atoms with E-state index in [1.54, 1.807) is 18.0 Å². The summed E-state index contributed by atoms with van der Waals surface area (Å²) in [6.45, 7) is 12.4. The first kappa shape index (κ1) is 26.4. The number of likely N-dealkylation sites (tertiary alicyclic amines) is 1. The van der Waals surface area contributed by atoms with E-state index in [9.17, 15) is 9.59 Å². The minimum atomic E-state index is -0.256. The van der Waals surface area contributed by atoms with Crippen molar-refractivity contribution in [3.8, 4) is 0 Å². The summed E-state index contributed by atoms with van der Waals surface area (Å²) in [7, 11) is 0.